The van der Waals surface area contributed by atoms with Crippen molar-refractivity contribution in [2.75, 3.05) is 27.4 Å². The van der Waals surface area contributed by atoms with Gasteiger partial charge in [0.15, 0.2) is 11.6 Å². The maximum absolute atomic E-state index is 14.3. The van der Waals surface area contributed by atoms with E-state index in [1.54, 1.807) is 20.3 Å². The van der Waals surface area contributed by atoms with E-state index in [9.17, 15) is 4.79 Å². The first kappa shape index (κ1) is 32.3. The molecule has 1 aliphatic rings. The molecule has 0 aliphatic carbocycles. The lowest BCUT2D eigenvalue weighted by molar-refractivity contribution is -0.129. The summed E-state index contributed by atoms with van der Waals surface area (Å²) < 4.78 is 23.1. The monoisotopic (exact) mass is 621 g/mol. The number of amides is 1. The van der Waals surface area contributed by atoms with Gasteiger partial charge in [-0.05, 0) is 53.1 Å². The van der Waals surface area contributed by atoms with Crippen molar-refractivity contribution >= 4 is 17.9 Å². The zero-order chi connectivity index (χ0) is 32.2. The number of aliphatic hydroxyl groups excluding tert-OH is 1. The number of hydrogen-bond donors (Lipinski definition) is 3. The molecule has 9 nitrogen and oxygen atoms in total. The Hall–Kier alpha value is -5.12. The van der Waals surface area contributed by atoms with E-state index >= 15 is 0 Å². The fourth-order valence-corrected chi connectivity index (χ4v) is 5.19. The second kappa shape index (κ2) is 15.7. The van der Waals surface area contributed by atoms with Crippen LogP contribution in [0.1, 0.15) is 41.2 Å². The van der Waals surface area contributed by atoms with Crippen LogP contribution in [0.2, 0.25) is 0 Å². The molecule has 46 heavy (non-hydrogen) atoms. The molecule has 0 unspecified atom stereocenters. The zero-order valence-electron chi connectivity index (χ0n) is 26.0. The summed E-state index contributed by atoms with van der Waals surface area (Å²) in [6.45, 7) is 0.797. The molecule has 4 aromatic carbocycles. The Balaban J connectivity index is 1.46. The number of carbonyl (C=O) groups excluding carboxylic acids is 1. The lowest BCUT2D eigenvalue weighted by Crippen LogP contribution is -2.52. The van der Waals surface area contributed by atoms with Gasteiger partial charge in [0.2, 0.25) is 5.90 Å². The SMILES string of the molecule is COc1cc(CNNC(=O)[C@@]2(C/C=C/c3ccccc3)N=C(c3ccc(OCCCO)cc3)O[C@H]2c2ccccc2)cc(OC)c1. The molecular weight excluding hydrogens is 582 g/mol. The largest absolute Gasteiger partial charge is 0.497 e. The molecular formula is C37H39N3O6. The van der Waals surface area contributed by atoms with Crippen molar-refractivity contribution in [1.82, 2.24) is 10.9 Å². The minimum Gasteiger partial charge on any atom is -0.497 e. The Morgan fingerprint density at radius 2 is 1.59 bits per heavy atom. The van der Waals surface area contributed by atoms with Crippen LogP contribution in [-0.2, 0) is 16.1 Å². The maximum Gasteiger partial charge on any atom is 0.266 e. The van der Waals surface area contributed by atoms with E-state index in [2.05, 4.69) is 10.9 Å². The van der Waals surface area contributed by atoms with Crippen LogP contribution in [0.25, 0.3) is 6.08 Å². The summed E-state index contributed by atoms with van der Waals surface area (Å²) in [6, 6.07) is 32.5. The molecule has 5 rings (SSSR count). The van der Waals surface area contributed by atoms with Crippen molar-refractivity contribution in [2.24, 2.45) is 4.99 Å². The van der Waals surface area contributed by atoms with Crippen molar-refractivity contribution in [3.63, 3.8) is 0 Å². The number of carbonyl (C=O) groups is 1. The number of ether oxygens (including phenoxy) is 4. The first-order valence-corrected chi connectivity index (χ1v) is 15.2. The minimum absolute atomic E-state index is 0.0645. The molecule has 0 spiro atoms. The average molecular weight is 622 g/mol. The van der Waals surface area contributed by atoms with E-state index in [4.69, 9.17) is 29.0 Å². The smallest absolute Gasteiger partial charge is 0.266 e. The number of benzene rings is 4. The van der Waals surface area contributed by atoms with Crippen LogP contribution in [0.3, 0.4) is 0 Å². The van der Waals surface area contributed by atoms with Gasteiger partial charge in [-0.3, -0.25) is 10.2 Å². The van der Waals surface area contributed by atoms with E-state index < -0.39 is 11.6 Å². The van der Waals surface area contributed by atoms with Gasteiger partial charge < -0.3 is 24.1 Å². The number of aliphatic imine (C=N–C) groups is 1. The van der Waals surface area contributed by atoms with Crippen LogP contribution in [0.5, 0.6) is 17.2 Å². The number of rotatable bonds is 15. The zero-order valence-corrected chi connectivity index (χ0v) is 26.0. The van der Waals surface area contributed by atoms with E-state index in [1.807, 2.05) is 109 Å². The van der Waals surface area contributed by atoms with Crippen molar-refractivity contribution in [1.29, 1.82) is 0 Å². The van der Waals surface area contributed by atoms with Gasteiger partial charge in [0.25, 0.3) is 5.91 Å². The molecule has 0 aromatic heterocycles. The van der Waals surface area contributed by atoms with Gasteiger partial charge in [-0.1, -0.05) is 72.8 Å². The molecule has 0 radical (unpaired) electrons. The average Bonchev–Trinajstić information content (AvgIpc) is 3.50. The summed E-state index contributed by atoms with van der Waals surface area (Å²) in [5, 5.41) is 9.06. The van der Waals surface area contributed by atoms with Gasteiger partial charge in [0.05, 0.1) is 20.8 Å². The molecule has 0 fully saturated rings. The van der Waals surface area contributed by atoms with E-state index in [1.165, 1.54) is 0 Å². The van der Waals surface area contributed by atoms with Gasteiger partial charge >= 0.3 is 0 Å². The summed E-state index contributed by atoms with van der Waals surface area (Å²) in [4.78, 5) is 19.4. The number of hydrogen-bond acceptors (Lipinski definition) is 8. The molecule has 9 heteroatoms. The number of nitrogens with zero attached hydrogens (tertiary/aromatic N) is 1. The van der Waals surface area contributed by atoms with Gasteiger partial charge in [0, 0.05) is 37.6 Å². The summed E-state index contributed by atoms with van der Waals surface area (Å²) in [7, 11) is 3.19. The van der Waals surface area contributed by atoms with Gasteiger partial charge in [-0.2, -0.15) is 0 Å². The molecule has 0 bridgehead atoms. The molecule has 1 amide bonds. The molecule has 0 saturated heterocycles. The fourth-order valence-electron chi connectivity index (χ4n) is 5.19. The van der Waals surface area contributed by atoms with Gasteiger partial charge in [-0.25, -0.2) is 10.4 Å². The first-order chi connectivity index (χ1) is 22.5. The Morgan fingerprint density at radius 3 is 2.24 bits per heavy atom. The highest BCUT2D eigenvalue weighted by atomic mass is 16.5. The van der Waals surface area contributed by atoms with E-state index in [0.717, 1.165) is 16.7 Å². The second-order valence-corrected chi connectivity index (χ2v) is 10.7. The van der Waals surface area contributed by atoms with Gasteiger partial charge in [-0.15, -0.1) is 0 Å². The highest BCUT2D eigenvalue weighted by Crippen LogP contribution is 2.43. The summed E-state index contributed by atoms with van der Waals surface area (Å²) >= 11 is 0. The van der Waals surface area contributed by atoms with Crippen molar-refractivity contribution in [3.8, 4) is 17.2 Å². The summed E-state index contributed by atoms with van der Waals surface area (Å²) in [5.41, 5.74) is 8.08. The number of methoxy groups -OCH3 is 2. The van der Waals surface area contributed by atoms with Crippen LogP contribution < -0.4 is 25.1 Å². The molecule has 3 N–H and O–H groups in total. The van der Waals surface area contributed by atoms with Gasteiger partial charge in [0.1, 0.15) is 17.2 Å². The molecule has 0 saturated carbocycles. The fraction of sp³-hybridized carbons (Fsp3) is 0.243. The third-order valence-electron chi connectivity index (χ3n) is 7.58. The predicted molar refractivity (Wildman–Crippen MR) is 178 cm³/mol. The first-order valence-electron chi connectivity index (χ1n) is 15.2. The quantitative estimate of drug-likeness (QED) is 0.116. The highest BCUT2D eigenvalue weighted by Gasteiger charge is 2.52. The Bertz CT molecular complexity index is 1600. The van der Waals surface area contributed by atoms with Crippen LogP contribution in [0, 0.1) is 0 Å². The Kier molecular flexibility index (Phi) is 11.0. The lowest BCUT2D eigenvalue weighted by atomic mass is 9.84. The lowest BCUT2D eigenvalue weighted by Gasteiger charge is -2.29. The topological polar surface area (TPSA) is 111 Å². The Labute approximate surface area is 269 Å². The van der Waals surface area contributed by atoms with E-state index in [-0.39, 0.29) is 18.9 Å². The number of hydrazine groups is 1. The van der Waals surface area contributed by atoms with Crippen molar-refractivity contribution < 1.29 is 28.8 Å². The summed E-state index contributed by atoms with van der Waals surface area (Å²) in [6.07, 6.45) is 4.06. The minimum atomic E-state index is -1.34. The molecule has 1 heterocycles. The highest BCUT2D eigenvalue weighted by molar-refractivity contribution is 6.01. The van der Waals surface area contributed by atoms with Crippen LogP contribution in [-0.4, -0.2) is 49.9 Å². The van der Waals surface area contributed by atoms with E-state index in [0.29, 0.717) is 48.3 Å². The molecule has 2 atom stereocenters. The Morgan fingerprint density at radius 1 is 0.913 bits per heavy atom. The maximum atomic E-state index is 14.3. The predicted octanol–water partition coefficient (Wildman–Crippen LogP) is 5.65. The summed E-state index contributed by atoms with van der Waals surface area (Å²) in [5.74, 6) is 1.99. The molecule has 238 valence electrons. The number of nitrogens with one attached hydrogen (secondary N) is 2. The third kappa shape index (κ3) is 7.93. The van der Waals surface area contributed by atoms with Crippen LogP contribution in [0.4, 0.5) is 0 Å². The third-order valence-corrected chi connectivity index (χ3v) is 7.58. The second-order valence-electron chi connectivity index (χ2n) is 10.7. The van der Waals surface area contributed by atoms with Crippen molar-refractivity contribution in [3.05, 3.63) is 131 Å². The normalized spacial score (nSPS) is 17.3. The van der Waals surface area contributed by atoms with Crippen molar-refractivity contribution in [2.45, 2.75) is 31.0 Å². The van der Waals surface area contributed by atoms with Crippen LogP contribution in [0.15, 0.2) is 114 Å². The number of aliphatic hydroxyl groups is 1. The standard InChI is InChI=1S/C37H39N3O6/c1-43-32-23-28(24-33(25-32)44-2)26-38-40-36(42)37(20-9-13-27-11-5-3-6-12-27)34(29-14-7-4-8-15-29)46-35(39-37)30-16-18-31(19-17-30)45-22-10-21-41/h3-9,11-19,23-25,34,38,41H,10,20-22,26H2,1-2H3,(H,40,42)/b13-9+/t34-,37-/m0/s1. The van der Waals surface area contributed by atoms with Crippen LogP contribution >= 0.6 is 0 Å². The molecule has 4 aromatic rings. The molecule has 1 aliphatic heterocycles.